The Bertz CT molecular complexity index is 492. The van der Waals surface area contributed by atoms with Crippen molar-refractivity contribution in [1.82, 2.24) is 9.97 Å². The average Bonchev–Trinajstić information content (AvgIpc) is 2.61. The smallest absolute Gasteiger partial charge is 0.108 e. The molecule has 0 aliphatic rings. The van der Waals surface area contributed by atoms with Crippen LogP contribution in [-0.2, 0) is 6.42 Å². The molecule has 0 spiro atoms. The Hall–Kier alpha value is -0.990. The van der Waals surface area contributed by atoms with Gasteiger partial charge in [0.1, 0.15) is 5.82 Å². The van der Waals surface area contributed by atoms with Crippen molar-refractivity contribution in [3.8, 4) is 11.3 Å². The van der Waals surface area contributed by atoms with Crippen LogP contribution in [0.15, 0.2) is 24.3 Å². The normalized spacial score (nSPS) is 10.7. The zero-order valence-electron chi connectivity index (χ0n) is 8.93. The van der Waals surface area contributed by atoms with E-state index in [2.05, 4.69) is 9.97 Å². The molecule has 16 heavy (non-hydrogen) atoms. The number of hydrogen-bond donors (Lipinski definition) is 1. The standard InChI is InChI=1S/C12H12Cl2N2/c1-8-12(16-11(15-8)6-7-13)9-4-2-3-5-10(9)14/h2-5H,6-7H2,1H3,(H,15,16). The Kier molecular flexibility index (Phi) is 3.52. The molecule has 0 amide bonds. The van der Waals surface area contributed by atoms with Gasteiger partial charge in [0.15, 0.2) is 0 Å². The van der Waals surface area contributed by atoms with Gasteiger partial charge < -0.3 is 4.98 Å². The van der Waals surface area contributed by atoms with Gasteiger partial charge in [0, 0.05) is 23.6 Å². The highest BCUT2D eigenvalue weighted by Crippen LogP contribution is 2.28. The summed E-state index contributed by atoms with van der Waals surface area (Å²) in [6.45, 7) is 1.99. The van der Waals surface area contributed by atoms with Gasteiger partial charge in [-0.3, -0.25) is 0 Å². The highest BCUT2D eigenvalue weighted by Gasteiger charge is 2.10. The van der Waals surface area contributed by atoms with Crippen LogP contribution in [0.3, 0.4) is 0 Å². The largest absolute Gasteiger partial charge is 0.346 e. The summed E-state index contributed by atoms with van der Waals surface area (Å²) in [5.41, 5.74) is 2.89. The highest BCUT2D eigenvalue weighted by molar-refractivity contribution is 6.33. The molecule has 0 aliphatic carbocycles. The minimum Gasteiger partial charge on any atom is -0.346 e. The molecule has 1 N–H and O–H groups in total. The van der Waals surface area contributed by atoms with E-state index in [1.165, 1.54) is 0 Å². The summed E-state index contributed by atoms with van der Waals surface area (Å²) in [6, 6.07) is 7.70. The molecule has 1 aromatic heterocycles. The van der Waals surface area contributed by atoms with Crippen molar-refractivity contribution < 1.29 is 0 Å². The molecule has 0 bridgehead atoms. The van der Waals surface area contributed by atoms with Crippen LogP contribution < -0.4 is 0 Å². The van der Waals surface area contributed by atoms with Crippen molar-refractivity contribution in [3.63, 3.8) is 0 Å². The SMILES string of the molecule is Cc1[nH]c(CCCl)nc1-c1ccccc1Cl. The van der Waals surface area contributed by atoms with Crippen molar-refractivity contribution >= 4 is 23.2 Å². The number of nitrogens with one attached hydrogen (secondary N) is 1. The number of benzene rings is 1. The highest BCUT2D eigenvalue weighted by atomic mass is 35.5. The Labute approximate surface area is 105 Å². The van der Waals surface area contributed by atoms with Crippen LogP contribution in [0.25, 0.3) is 11.3 Å². The summed E-state index contributed by atoms with van der Waals surface area (Å²) < 4.78 is 0. The van der Waals surface area contributed by atoms with Gasteiger partial charge >= 0.3 is 0 Å². The summed E-state index contributed by atoms with van der Waals surface area (Å²) in [7, 11) is 0. The minimum atomic E-state index is 0.564. The van der Waals surface area contributed by atoms with Crippen LogP contribution in [0.4, 0.5) is 0 Å². The van der Waals surface area contributed by atoms with E-state index in [0.29, 0.717) is 5.88 Å². The number of nitrogens with zero attached hydrogens (tertiary/aromatic N) is 1. The first kappa shape index (κ1) is 11.5. The lowest BCUT2D eigenvalue weighted by Gasteiger charge is -2.00. The lowest BCUT2D eigenvalue weighted by atomic mass is 10.1. The van der Waals surface area contributed by atoms with Crippen molar-refractivity contribution in [2.75, 3.05) is 5.88 Å². The van der Waals surface area contributed by atoms with Gasteiger partial charge in [0.25, 0.3) is 0 Å². The van der Waals surface area contributed by atoms with Crippen molar-refractivity contribution in [1.29, 1.82) is 0 Å². The molecular weight excluding hydrogens is 243 g/mol. The molecule has 0 aliphatic heterocycles. The number of aromatic amines is 1. The van der Waals surface area contributed by atoms with Gasteiger partial charge in [-0.15, -0.1) is 11.6 Å². The predicted molar refractivity (Wildman–Crippen MR) is 68.2 cm³/mol. The van der Waals surface area contributed by atoms with E-state index in [9.17, 15) is 0 Å². The Morgan fingerprint density at radius 2 is 2.06 bits per heavy atom. The maximum Gasteiger partial charge on any atom is 0.108 e. The number of H-pyrrole nitrogens is 1. The molecule has 0 saturated heterocycles. The van der Waals surface area contributed by atoms with Gasteiger partial charge in [-0.25, -0.2) is 4.98 Å². The van der Waals surface area contributed by atoms with Crippen LogP contribution in [0.5, 0.6) is 0 Å². The second kappa shape index (κ2) is 4.89. The molecule has 0 unspecified atom stereocenters. The third-order valence-corrected chi connectivity index (χ3v) is 2.91. The van der Waals surface area contributed by atoms with E-state index in [1.54, 1.807) is 0 Å². The Morgan fingerprint density at radius 3 is 2.75 bits per heavy atom. The molecule has 1 heterocycles. The number of aromatic nitrogens is 2. The van der Waals surface area contributed by atoms with E-state index in [1.807, 2.05) is 31.2 Å². The second-order valence-electron chi connectivity index (χ2n) is 3.58. The minimum absolute atomic E-state index is 0.564. The van der Waals surface area contributed by atoms with Gasteiger partial charge in [-0.2, -0.15) is 0 Å². The first-order valence-corrected chi connectivity index (χ1v) is 6.00. The van der Waals surface area contributed by atoms with Crippen molar-refractivity contribution in [2.45, 2.75) is 13.3 Å². The first-order valence-electron chi connectivity index (χ1n) is 5.08. The average molecular weight is 255 g/mol. The summed E-state index contributed by atoms with van der Waals surface area (Å²) in [4.78, 5) is 7.72. The van der Waals surface area contributed by atoms with Crippen molar-refractivity contribution in [3.05, 3.63) is 40.8 Å². The fourth-order valence-corrected chi connectivity index (χ4v) is 2.05. The molecule has 0 radical (unpaired) electrons. The van der Waals surface area contributed by atoms with E-state index in [0.717, 1.165) is 34.2 Å². The summed E-state index contributed by atoms with van der Waals surface area (Å²) >= 11 is 11.8. The second-order valence-corrected chi connectivity index (χ2v) is 4.36. The number of alkyl halides is 1. The quantitative estimate of drug-likeness (QED) is 0.830. The molecule has 0 fully saturated rings. The molecule has 1 aromatic carbocycles. The number of imidazole rings is 1. The van der Waals surface area contributed by atoms with Crippen LogP contribution in [0.2, 0.25) is 5.02 Å². The first-order chi connectivity index (χ1) is 7.72. The molecule has 0 saturated carbocycles. The van der Waals surface area contributed by atoms with Gasteiger partial charge in [0.05, 0.1) is 10.7 Å². The maximum absolute atomic E-state index is 6.14. The predicted octanol–water partition coefficient (Wildman–Crippen LogP) is 3.82. The maximum atomic E-state index is 6.14. The van der Waals surface area contributed by atoms with Gasteiger partial charge in [-0.05, 0) is 13.0 Å². The number of halogens is 2. The third kappa shape index (κ3) is 2.23. The van der Waals surface area contributed by atoms with Crippen molar-refractivity contribution in [2.24, 2.45) is 0 Å². The zero-order valence-corrected chi connectivity index (χ0v) is 10.4. The third-order valence-electron chi connectivity index (χ3n) is 2.39. The molecule has 84 valence electrons. The Balaban J connectivity index is 2.44. The number of rotatable bonds is 3. The Morgan fingerprint density at radius 1 is 1.31 bits per heavy atom. The molecule has 2 rings (SSSR count). The monoisotopic (exact) mass is 254 g/mol. The summed E-state index contributed by atoms with van der Waals surface area (Å²) in [5.74, 6) is 1.47. The molecular formula is C12H12Cl2N2. The number of hydrogen-bond acceptors (Lipinski definition) is 1. The van der Waals surface area contributed by atoms with E-state index >= 15 is 0 Å². The number of aryl methyl sites for hydroxylation is 2. The topological polar surface area (TPSA) is 28.7 Å². The van der Waals surface area contributed by atoms with Crippen LogP contribution in [0, 0.1) is 6.92 Å². The fourth-order valence-electron chi connectivity index (χ4n) is 1.65. The molecule has 4 heteroatoms. The van der Waals surface area contributed by atoms with Crippen LogP contribution in [0.1, 0.15) is 11.5 Å². The lowest BCUT2D eigenvalue weighted by molar-refractivity contribution is 0.988. The summed E-state index contributed by atoms with van der Waals surface area (Å²) in [6.07, 6.45) is 0.743. The lowest BCUT2D eigenvalue weighted by Crippen LogP contribution is -1.88. The van der Waals surface area contributed by atoms with E-state index in [-0.39, 0.29) is 0 Å². The van der Waals surface area contributed by atoms with Crippen LogP contribution >= 0.6 is 23.2 Å². The van der Waals surface area contributed by atoms with E-state index < -0.39 is 0 Å². The molecule has 2 aromatic rings. The van der Waals surface area contributed by atoms with Gasteiger partial charge in [-0.1, -0.05) is 29.8 Å². The van der Waals surface area contributed by atoms with E-state index in [4.69, 9.17) is 23.2 Å². The fraction of sp³-hybridized carbons (Fsp3) is 0.250. The molecule has 2 nitrogen and oxygen atoms in total. The van der Waals surface area contributed by atoms with Crippen LogP contribution in [-0.4, -0.2) is 15.8 Å². The molecule has 0 atom stereocenters. The summed E-state index contributed by atoms with van der Waals surface area (Å²) in [5, 5.41) is 0.717. The zero-order chi connectivity index (χ0) is 11.5. The van der Waals surface area contributed by atoms with Gasteiger partial charge in [0.2, 0.25) is 0 Å².